The summed E-state index contributed by atoms with van der Waals surface area (Å²) in [6.07, 6.45) is 0.121. The number of hydrogen-bond acceptors (Lipinski definition) is 3. The van der Waals surface area contributed by atoms with Crippen molar-refractivity contribution in [2.24, 2.45) is 5.73 Å². The molecule has 110 valence electrons. The molecule has 0 aromatic heterocycles. The number of aliphatic hydroxyl groups excluding tert-OH is 1. The van der Waals surface area contributed by atoms with Crippen molar-refractivity contribution < 1.29 is 14.7 Å². The number of aliphatic hydroxyl groups is 1. The second-order valence-corrected chi connectivity index (χ2v) is 4.78. The number of carbonyl (C=O) groups excluding carboxylic acids is 2. The predicted molar refractivity (Wildman–Crippen MR) is 76.1 cm³/mol. The van der Waals surface area contributed by atoms with Gasteiger partial charge in [-0.3, -0.25) is 4.79 Å². The fourth-order valence-corrected chi connectivity index (χ4v) is 1.66. The van der Waals surface area contributed by atoms with Crippen molar-refractivity contribution in [3.63, 3.8) is 0 Å². The summed E-state index contributed by atoms with van der Waals surface area (Å²) in [5, 5.41) is 11.7. The van der Waals surface area contributed by atoms with Gasteiger partial charge in [0.15, 0.2) is 0 Å². The molecule has 0 aliphatic heterocycles. The van der Waals surface area contributed by atoms with Crippen molar-refractivity contribution in [2.75, 3.05) is 13.6 Å². The normalized spacial score (nSPS) is 11.8. The second kappa shape index (κ2) is 7.49. The Kier molecular flexibility index (Phi) is 5.99. The molecule has 1 aromatic carbocycles. The molecule has 1 rings (SSSR count). The summed E-state index contributed by atoms with van der Waals surface area (Å²) in [6, 6.07) is 6.37. The lowest BCUT2D eigenvalue weighted by Crippen LogP contribution is -2.30. The number of benzene rings is 1. The number of hydrogen-bond donors (Lipinski definition) is 3. The van der Waals surface area contributed by atoms with Gasteiger partial charge in [-0.1, -0.05) is 12.1 Å². The number of nitrogens with two attached hydrogens (primary N) is 1. The van der Waals surface area contributed by atoms with E-state index in [2.05, 4.69) is 5.32 Å². The monoisotopic (exact) mass is 279 g/mol. The quantitative estimate of drug-likeness (QED) is 0.715. The average molecular weight is 279 g/mol. The lowest BCUT2D eigenvalue weighted by Gasteiger charge is -2.18. The van der Waals surface area contributed by atoms with Gasteiger partial charge in [0.05, 0.1) is 6.10 Å². The van der Waals surface area contributed by atoms with E-state index >= 15 is 0 Å². The summed E-state index contributed by atoms with van der Waals surface area (Å²) in [7, 11) is 1.70. The number of nitrogens with zero attached hydrogens (tertiary/aromatic N) is 1. The van der Waals surface area contributed by atoms with Gasteiger partial charge in [-0.2, -0.15) is 0 Å². The van der Waals surface area contributed by atoms with Crippen LogP contribution in [0, 0.1) is 0 Å². The molecule has 0 saturated heterocycles. The van der Waals surface area contributed by atoms with Crippen LogP contribution in [0.4, 0.5) is 4.79 Å². The van der Waals surface area contributed by atoms with Crippen LogP contribution in [0.1, 0.15) is 29.3 Å². The molecule has 0 aliphatic carbocycles. The van der Waals surface area contributed by atoms with Crippen molar-refractivity contribution in [1.82, 2.24) is 10.2 Å². The number of urea groups is 1. The van der Waals surface area contributed by atoms with E-state index in [9.17, 15) is 14.7 Å². The summed E-state index contributed by atoms with van der Waals surface area (Å²) in [5.74, 6) is -0.0972. The molecule has 0 bridgehead atoms. The zero-order chi connectivity index (χ0) is 15.1. The van der Waals surface area contributed by atoms with E-state index in [-0.39, 0.29) is 5.91 Å². The van der Waals surface area contributed by atoms with E-state index in [4.69, 9.17) is 5.73 Å². The average Bonchev–Trinajstić information content (AvgIpc) is 2.42. The molecule has 20 heavy (non-hydrogen) atoms. The Morgan fingerprint density at radius 3 is 2.45 bits per heavy atom. The maximum absolute atomic E-state index is 12.1. The van der Waals surface area contributed by atoms with Gasteiger partial charge in [-0.05, 0) is 31.0 Å². The summed E-state index contributed by atoms with van der Waals surface area (Å²) in [5.41, 5.74) is 6.42. The van der Waals surface area contributed by atoms with E-state index < -0.39 is 12.1 Å². The maximum atomic E-state index is 12.1. The Labute approximate surface area is 118 Å². The fraction of sp³-hybridized carbons (Fsp3) is 0.429. The van der Waals surface area contributed by atoms with Crippen molar-refractivity contribution in [2.45, 2.75) is 26.0 Å². The molecule has 0 spiro atoms. The highest BCUT2D eigenvalue weighted by atomic mass is 16.3. The molecule has 4 N–H and O–H groups in total. The molecule has 0 fully saturated rings. The Bertz CT molecular complexity index is 457. The van der Waals surface area contributed by atoms with Crippen LogP contribution in [0.15, 0.2) is 24.3 Å². The third-order valence-corrected chi connectivity index (χ3v) is 2.90. The van der Waals surface area contributed by atoms with Gasteiger partial charge in [0.1, 0.15) is 0 Å². The molecule has 1 atom stereocenters. The maximum Gasteiger partial charge on any atom is 0.312 e. The molecule has 0 heterocycles. The number of nitrogens with one attached hydrogen (secondary N) is 1. The first-order valence-electron chi connectivity index (χ1n) is 6.46. The van der Waals surface area contributed by atoms with Crippen LogP contribution in [0.3, 0.4) is 0 Å². The van der Waals surface area contributed by atoms with Gasteiger partial charge >= 0.3 is 6.03 Å². The van der Waals surface area contributed by atoms with Crippen LogP contribution >= 0.6 is 0 Å². The highest BCUT2D eigenvalue weighted by Gasteiger charge is 2.12. The van der Waals surface area contributed by atoms with E-state index in [0.29, 0.717) is 25.1 Å². The minimum atomic E-state index is -0.581. The van der Waals surface area contributed by atoms with E-state index in [1.807, 2.05) is 0 Å². The van der Waals surface area contributed by atoms with Gasteiger partial charge in [0.25, 0.3) is 5.91 Å². The van der Waals surface area contributed by atoms with Crippen LogP contribution in [0.5, 0.6) is 0 Å². The van der Waals surface area contributed by atoms with Crippen LogP contribution in [-0.4, -0.2) is 41.6 Å². The third kappa shape index (κ3) is 5.27. The third-order valence-electron chi connectivity index (χ3n) is 2.90. The molecule has 3 amide bonds. The molecular formula is C14H21N3O3. The Balaban J connectivity index is 2.58. The molecule has 1 aromatic rings. The first kappa shape index (κ1) is 16.0. The predicted octanol–water partition coefficient (Wildman–Crippen LogP) is 0.698. The van der Waals surface area contributed by atoms with Crippen molar-refractivity contribution in [3.8, 4) is 0 Å². The number of primary amides is 1. The SMILES string of the molecule is CC(O)CCN(C)C(=O)c1ccc(CNC(N)=O)cc1. The lowest BCUT2D eigenvalue weighted by molar-refractivity contribution is 0.0769. The van der Waals surface area contributed by atoms with Crippen molar-refractivity contribution in [3.05, 3.63) is 35.4 Å². The van der Waals surface area contributed by atoms with E-state index in [0.717, 1.165) is 5.56 Å². The summed E-state index contributed by atoms with van der Waals surface area (Å²) in [4.78, 5) is 24.3. The Hall–Kier alpha value is -2.08. The van der Waals surface area contributed by atoms with Gasteiger partial charge in [-0.25, -0.2) is 4.79 Å². The summed E-state index contributed by atoms with van der Waals surface area (Å²) < 4.78 is 0. The smallest absolute Gasteiger partial charge is 0.312 e. The molecule has 6 heteroatoms. The van der Waals surface area contributed by atoms with E-state index in [1.54, 1.807) is 43.1 Å². The van der Waals surface area contributed by atoms with Crippen LogP contribution in [-0.2, 0) is 6.54 Å². The highest BCUT2D eigenvalue weighted by Crippen LogP contribution is 2.08. The molecule has 0 aliphatic rings. The zero-order valence-corrected chi connectivity index (χ0v) is 11.8. The molecule has 6 nitrogen and oxygen atoms in total. The van der Waals surface area contributed by atoms with Crippen molar-refractivity contribution >= 4 is 11.9 Å². The molecule has 0 saturated carbocycles. The second-order valence-electron chi connectivity index (χ2n) is 4.78. The van der Waals surface area contributed by atoms with Crippen LogP contribution in [0.2, 0.25) is 0 Å². The number of rotatable bonds is 6. The molecular weight excluding hydrogens is 258 g/mol. The first-order chi connectivity index (χ1) is 9.40. The zero-order valence-electron chi connectivity index (χ0n) is 11.8. The minimum absolute atomic E-state index is 0.0972. The Morgan fingerprint density at radius 2 is 1.95 bits per heavy atom. The topological polar surface area (TPSA) is 95.7 Å². The molecule has 1 unspecified atom stereocenters. The van der Waals surface area contributed by atoms with Crippen LogP contribution in [0.25, 0.3) is 0 Å². The largest absolute Gasteiger partial charge is 0.393 e. The summed E-state index contributed by atoms with van der Waals surface area (Å²) >= 11 is 0. The van der Waals surface area contributed by atoms with Crippen molar-refractivity contribution in [1.29, 1.82) is 0 Å². The minimum Gasteiger partial charge on any atom is -0.393 e. The number of carbonyl (C=O) groups is 2. The number of amides is 3. The Morgan fingerprint density at radius 1 is 1.35 bits per heavy atom. The van der Waals surface area contributed by atoms with Gasteiger partial charge < -0.3 is 21.1 Å². The standard InChI is InChI=1S/C14H21N3O3/c1-10(18)7-8-17(2)13(19)12-5-3-11(4-6-12)9-16-14(15)20/h3-6,10,18H,7-9H2,1-2H3,(H3,15,16,20). The van der Waals surface area contributed by atoms with Crippen LogP contribution < -0.4 is 11.1 Å². The molecule has 0 radical (unpaired) electrons. The first-order valence-corrected chi connectivity index (χ1v) is 6.46. The van der Waals surface area contributed by atoms with Gasteiger partial charge in [0, 0.05) is 25.7 Å². The fourth-order valence-electron chi connectivity index (χ4n) is 1.66. The summed E-state index contributed by atoms with van der Waals surface area (Å²) in [6.45, 7) is 2.53. The lowest BCUT2D eigenvalue weighted by atomic mass is 10.1. The van der Waals surface area contributed by atoms with Gasteiger partial charge in [0.2, 0.25) is 0 Å². The highest BCUT2D eigenvalue weighted by molar-refractivity contribution is 5.94. The van der Waals surface area contributed by atoms with E-state index in [1.165, 1.54) is 0 Å². The van der Waals surface area contributed by atoms with Gasteiger partial charge in [-0.15, -0.1) is 0 Å².